The lowest BCUT2D eigenvalue weighted by Gasteiger charge is -2.08. The van der Waals surface area contributed by atoms with Crippen molar-refractivity contribution in [1.82, 2.24) is 20.1 Å². The molecule has 0 unspecified atom stereocenters. The van der Waals surface area contributed by atoms with E-state index in [2.05, 4.69) is 27.0 Å². The van der Waals surface area contributed by atoms with Gasteiger partial charge in [0.2, 0.25) is 5.91 Å². The van der Waals surface area contributed by atoms with Gasteiger partial charge in [-0.15, -0.1) is 10.2 Å². The van der Waals surface area contributed by atoms with Crippen LogP contribution < -0.4 is 10.1 Å². The van der Waals surface area contributed by atoms with Gasteiger partial charge in [-0.05, 0) is 31.2 Å². The fourth-order valence-corrected chi connectivity index (χ4v) is 2.86. The number of hydrogen-bond donors (Lipinski definition) is 1. The first-order chi connectivity index (χ1) is 10.7. The van der Waals surface area contributed by atoms with Crippen LogP contribution in [-0.4, -0.2) is 40.1 Å². The van der Waals surface area contributed by atoms with E-state index in [1.165, 1.54) is 6.92 Å². The molecule has 118 valence electrons. The summed E-state index contributed by atoms with van der Waals surface area (Å²) in [6.07, 6.45) is 0. The fraction of sp³-hybridized carbons (Fsp3) is 0.400. The molecule has 1 aromatic heterocycles. The van der Waals surface area contributed by atoms with E-state index < -0.39 is 0 Å². The van der Waals surface area contributed by atoms with Crippen molar-refractivity contribution in [3.8, 4) is 17.1 Å². The predicted octanol–water partition coefficient (Wildman–Crippen LogP) is 2.20. The molecule has 1 N–H and O–H groups in total. The Labute approximate surface area is 134 Å². The summed E-state index contributed by atoms with van der Waals surface area (Å²) < 4.78 is 7.24. The van der Waals surface area contributed by atoms with Crippen molar-refractivity contribution < 1.29 is 9.53 Å². The van der Waals surface area contributed by atoms with Gasteiger partial charge in [0, 0.05) is 31.3 Å². The van der Waals surface area contributed by atoms with Crippen LogP contribution in [0.25, 0.3) is 11.4 Å². The number of nitrogens with one attached hydrogen (secondary N) is 1. The highest BCUT2D eigenvalue weighted by Gasteiger charge is 2.13. The van der Waals surface area contributed by atoms with Crippen LogP contribution in [0.3, 0.4) is 0 Å². The van der Waals surface area contributed by atoms with Gasteiger partial charge < -0.3 is 14.6 Å². The molecule has 0 aliphatic rings. The average Bonchev–Trinajstić information content (AvgIpc) is 2.94. The zero-order valence-corrected chi connectivity index (χ0v) is 13.8. The minimum atomic E-state index is -0.0171. The summed E-state index contributed by atoms with van der Waals surface area (Å²) in [5.74, 6) is 2.40. The Hall–Kier alpha value is -2.02. The second-order valence-electron chi connectivity index (χ2n) is 4.61. The van der Waals surface area contributed by atoms with Gasteiger partial charge in [-0.25, -0.2) is 0 Å². The highest BCUT2D eigenvalue weighted by molar-refractivity contribution is 7.99. The molecule has 0 aliphatic heterocycles. The number of aromatic nitrogens is 3. The number of rotatable bonds is 7. The van der Waals surface area contributed by atoms with Crippen molar-refractivity contribution in [2.24, 2.45) is 0 Å². The molecule has 2 rings (SSSR count). The van der Waals surface area contributed by atoms with Crippen LogP contribution in [-0.2, 0) is 11.3 Å². The quantitative estimate of drug-likeness (QED) is 0.626. The van der Waals surface area contributed by atoms with Gasteiger partial charge in [0.25, 0.3) is 0 Å². The summed E-state index contributed by atoms with van der Waals surface area (Å²) >= 11 is 1.59. The van der Waals surface area contributed by atoms with Crippen LogP contribution in [0.1, 0.15) is 13.8 Å². The van der Waals surface area contributed by atoms with E-state index in [1.54, 1.807) is 18.9 Å². The zero-order valence-electron chi connectivity index (χ0n) is 13.0. The van der Waals surface area contributed by atoms with Crippen molar-refractivity contribution >= 4 is 17.7 Å². The van der Waals surface area contributed by atoms with Gasteiger partial charge in [-0.3, -0.25) is 4.79 Å². The maximum absolute atomic E-state index is 10.9. The SMILES string of the molecule is CCn1c(SCCNC(C)=O)nnc1-c1ccc(OC)cc1. The largest absolute Gasteiger partial charge is 0.497 e. The van der Waals surface area contributed by atoms with Crippen LogP contribution >= 0.6 is 11.8 Å². The molecular formula is C15H20N4O2S. The molecular weight excluding hydrogens is 300 g/mol. The summed E-state index contributed by atoms with van der Waals surface area (Å²) in [7, 11) is 1.65. The van der Waals surface area contributed by atoms with Crippen LogP contribution in [0.2, 0.25) is 0 Å². The summed E-state index contributed by atoms with van der Waals surface area (Å²) in [5, 5.41) is 12.2. The Bertz CT molecular complexity index is 625. The molecule has 0 fully saturated rings. The number of thioether (sulfide) groups is 1. The third kappa shape index (κ3) is 4.00. The van der Waals surface area contributed by atoms with Crippen molar-refractivity contribution in [2.75, 3.05) is 19.4 Å². The third-order valence-corrected chi connectivity index (χ3v) is 4.06. The van der Waals surface area contributed by atoms with Crippen molar-refractivity contribution in [3.05, 3.63) is 24.3 Å². The molecule has 22 heavy (non-hydrogen) atoms. The highest BCUT2D eigenvalue weighted by atomic mass is 32.2. The molecule has 0 aliphatic carbocycles. The minimum Gasteiger partial charge on any atom is -0.497 e. The molecule has 1 amide bonds. The standard InChI is InChI=1S/C15H20N4O2S/c1-4-19-14(12-5-7-13(21-3)8-6-12)17-18-15(19)22-10-9-16-11(2)20/h5-8H,4,9-10H2,1-3H3,(H,16,20). The molecule has 6 nitrogen and oxygen atoms in total. The summed E-state index contributed by atoms with van der Waals surface area (Å²) in [4.78, 5) is 10.9. The van der Waals surface area contributed by atoms with E-state index in [4.69, 9.17) is 4.74 Å². The van der Waals surface area contributed by atoms with Crippen LogP contribution in [0, 0.1) is 0 Å². The van der Waals surface area contributed by atoms with Gasteiger partial charge in [-0.1, -0.05) is 11.8 Å². The molecule has 0 atom stereocenters. The maximum Gasteiger partial charge on any atom is 0.216 e. The van der Waals surface area contributed by atoms with Crippen LogP contribution in [0.5, 0.6) is 5.75 Å². The monoisotopic (exact) mass is 320 g/mol. The van der Waals surface area contributed by atoms with Gasteiger partial charge in [0.15, 0.2) is 11.0 Å². The molecule has 2 aromatic rings. The Balaban J connectivity index is 2.10. The lowest BCUT2D eigenvalue weighted by Crippen LogP contribution is -2.22. The summed E-state index contributed by atoms with van der Waals surface area (Å²) in [6, 6.07) is 7.77. The first-order valence-electron chi connectivity index (χ1n) is 7.10. The van der Waals surface area contributed by atoms with Crippen molar-refractivity contribution in [3.63, 3.8) is 0 Å². The molecule has 7 heteroatoms. The van der Waals surface area contributed by atoms with Gasteiger partial charge in [0.05, 0.1) is 7.11 Å². The van der Waals surface area contributed by atoms with E-state index in [-0.39, 0.29) is 5.91 Å². The van der Waals surface area contributed by atoms with Crippen LogP contribution in [0.4, 0.5) is 0 Å². The Morgan fingerprint density at radius 2 is 2.05 bits per heavy atom. The van der Waals surface area contributed by atoms with E-state index in [1.807, 2.05) is 24.3 Å². The zero-order chi connectivity index (χ0) is 15.9. The number of methoxy groups -OCH3 is 1. The first-order valence-corrected chi connectivity index (χ1v) is 8.09. The number of amides is 1. The number of carbonyl (C=O) groups excluding carboxylic acids is 1. The smallest absolute Gasteiger partial charge is 0.216 e. The summed E-state index contributed by atoms with van der Waals surface area (Å²) in [6.45, 7) is 4.99. The Morgan fingerprint density at radius 3 is 2.64 bits per heavy atom. The normalized spacial score (nSPS) is 10.5. The topological polar surface area (TPSA) is 69.0 Å². The molecule has 1 heterocycles. The van der Waals surface area contributed by atoms with Crippen molar-refractivity contribution in [1.29, 1.82) is 0 Å². The molecule has 0 saturated heterocycles. The molecule has 0 radical (unpaired) electrons. The lowest BCUT2D eigenvalue weighted by molar-refractivity contribution is -0.118. The Kier molecular flexibility index (Phi) is 5.83. The fourth-order valence-electron chi connectivity index (χ4n) is 2.00. The van der Waals surface area contributed by atoms with E-state index in [9.17, 15) is 4.79 Å². The second kappa shape index (κ2) is 7.84. The Morgan fingerprint density at radius 1 is 1.32 bits per heavy atom. The van der Waals surface area contributed by atoms with Crippen LogP contribution in [0.15, 0.2) is 29.4 Å². The lowest BCUT2D eigenvalue weighted by atomic mass is 10.2. The van der Waals surface area contributed by atoms with E-state index in [0.29, 0.717) is 6.54 Å². The number of carbonyl (C=O) groups is 1. The van der Waals surface area contributed by atoms with Crippen molar-refractivity contribution in [2.45, 2.75) is 25.5 Å². The average molecular weight is 320 g/mol. The number of hydrogen-bond acceptors (Lipinski definition) is 5. The molecule has 1 aromatic carbocycles. The minimum absolute atomic E-state index is 0.0171. The van der Waals surface area contributed by atoms with E-state index >= 15 is 0 Å². The molecule has 0 spiro atoms. The van der Waals surface area contributed by atoms with E-state index in [0.717, 1.165) is 34.6 Å². The third-order valence-electron chi connectivity index (χ3n) is 3.09. The second-order valence-corrected chi connectivity index (χ2v) is 5.67. The number of benzene rings is 1. The van der Waals surface area contributed by atoms with Gasteiger partial charge in [0.1, 0.15) is 5.75 Å². The maximum atomic E-state index is 10.9. The molecule has 0 bridgehead atoms. The number of nitrogens with zero attached hydrogens (tertiary/aromatic N) is 3. The first kappa shape index (κ1) is 16.4. The predicted molar refractivity (Wildman–Crippen MR) is 87.1 cm³/mol. The van der Waals surface area contributed by atoms with Gasteiger partial charge >= 0.3 is 0 Å². The highest BCUT2D eigenvalue weighted by Crippen LogP contribution is 2.25. The van der Waals surface area contributed by atoms with Gasteiger partial charge in [-0.2, -0.15) is 0 Å². The summed E-state index contributed by atoms with van der Waals surface area (Å²) in [5.41, 5.74) is 1.00. The number of ether oxygens (including phenoxy) is 1. The molecule has 0 saturated carbocycles.